The first-order valence-electron chi connectivity index (χ1n) is 12.8. The smallest absolute Gasteiger partial charge is 0.357 e. The quantitative estimate of drug-likeness (QED) is 0.204. The summed E-state index contributed by atoms with van der Waals surface area (Å²) in [4.78, 5) is 22.3. The van der Waals surface area contributed by atoms with Crippen LogP contribution in [0.25, 0.3) is 21.9 Å². The molecule has 0 spiro atoms. The van der Waals surface area contributed by atoms with Crippen molar-refractivity contribution in [2.75, 3.05) is 13.2 Å². The summed E-state index contributed by atoms with van der Waals surface area (Å²) in [6.07, 6.45) is 1.47. The van der Waals surface area contributed by atoms with Gasteiger partial charge < -0.3 is 14.3 Å². The molecule has 2 heterocycles. The summed E-state index contributed by atoms with van der Waals surface area (Å²) < 4.78 is 11.4. The summed E-state index contributed by atoms with van der Waals surface area (Å²) in [5.74, 6) is 0.391. The van der Waals surface area contributed by atoms with Gasteiger partial charge in [-0.2, -0.15) is 0 Å². The summed E-state index contributed by atoms with van der Waals surface area (Å²) in [6, 6.07) is 21.1. The number of hydrogen-bond acceptors (Lipinski definition) is 6. The van der Waals surface area contributed by atoms with Crippen LogP contribution in [0.2, 0.25) is 10.0 Å². The molecule has 200 valence electrons. The minimum Gasteiger partial charge on any atom is -0.493 e. The molecular formula is C31H28Cl2N2O4. The van der Waals surface area contributed by atoms with Gasteiger partial charge in [-0.25, -0.2) is 9.78 Å². The van der Waals surface area contributed by atoms with Crippen molar-refractivity contribution in [2.45, 2.75) is 26.9 Å². The average Bonchev–Trinajstić information content (AvgIpc) is 3.35. The molecule has 0 N–H and O–H groups in total. The molecule has 0 aliphatic carbocycles. The van der Waals surface area contributed by atoms with E-state index in [4.69, 9.17) is 37.5 Å². The van der Waals surface area contributed by atoms with E-state index >= 15 is 0 Å². The number of benzene rings is 3. The molecule has 0 amide bonds. The fraction of sp³-hybridized carbons (Fsp3) is 0.258. The number of carbonyl (C=O) groups excluding carboxylic acids is 1. The molecule has 0 radical (unpaired) electrons. The van der Waals surface area contributed by atoms with Gasteiger partial charge in [-0.05, 0) is 65.8 Å². The van der Waals surface area contributed by atoms with Gasteiger partial charge in [0.1, 0.15) is 24.2 Å². The van der Waals surface area contributed by atoms with Crippen LogP contribution in [0, 0.1) is 11.8 Å². The van der Waals surface area contributed by atoms with Gasteiger partial charge in [0.05, 0.1) is 22.6 Å². The molecule has 8 heteroatoms. The predicted molar refractivity (Wildman–Crippen MR) is 155 cm³/mol. The van der Waals surface area contributed by atoms with Crippen molar-refractivity contribution in [3.8, 4) is 16.9 Å². The van der Waals surface area contributed by atoms with Crippen molar-refractivity contribution >= 4 is 45.7 Å². The number of carbonyl (C=O) groups is 1. The topological polar surface area (TPSA) is 70.0 Å². The van der Waals surface area contributed by atoms with E-state index in [2.05, 4.69) is 24.0 Å². The number of hydrogen-bond donors (Lipinski definition) is 0. The van der Waals surface area contributed by atoms with E-state index in [-0.39, 0.29) is 17.9 Å². The summed E-state index contributed by atoms with van der Waals surface area (Å²) in [6.45, 7) is 6.63. The molecule has 6 nitrogen and oxygen atoms in total. The van der Waals surface area contributed by atoms with Gasteiger partial charge in [0, 0.05) is 17.1 Å². The minimum absolute atomic E-state index is 0.134. The first-order valence-corrected chi connectivity index (χ1v) is 13.6. The standard InChI is InChI=1S/C31H28Cl2N2O4/c1-4-37-31(36)29-23-13-10-20(16-21(23)14-15-34-29)19-8-11-22(12-9-19)38-17-24-28(35-39-30(24)18(2)3)27-25(32)6-5-7-26(27)33/h5-16,18,24,30H,4,17H2,1-3H3. The van der Waals surface area contributed by atoms with Crippen molar-refractivity contribution in [1.82, 2.24) is 4.98 Å². The lowest BCUT2D eigenvalue weighted by Gasteiger charge is -2.23. The number of nitrogens with zero attached hydrogens (tertiary/aromatic N) is 2. The van der Waals surface area contributed by atoms with Gasteiger partial charge in [0.15, 0.2) is 5.69 Å². The highest BCUT2D eigenvalue weighted by Gasteiger charge is 2.39. The van der Waals surface area contributed by atoms with Crippen LogP contribution in [-0.4, -0.2) is 36.0 Å². The monoisotopic (exact) mass is 562 g/mol. The number of oxime groups is 1. The highest BCUT2D eigenvalue weighted by atomic mass is 35.5. The Hall–Kier alpha value is -3.61. The maximum atomic E-state index is 12.3. The Kier molecular flexibility index (Phi) is 8.05. The Morgan fingerprint density at radius 2 is 1.72 bits per heavy atom. The zero-order chi connectivity index (χ0) is 27.5. The molecular weight excluding hydrogens is 535 g/mol. The molecule has 1 aliphatic heterocycles. The number of halogens is 2. The normalized spacial score (nSPS) is 16.7. The molecule has 2 atom stereocenters. The number of aromatic nitrogens is 1. The summed E-state index contributed by atoms with van der Waals surface area (Å²) in [5.41, 5.74) is 3.75. The number of fused-ring (bicyclic) bond motifs is 1. The lowest BCUT2D eigenvalue weighted by atomic mass is 9.87. The Bertz CT molecular complexity index is 1520. The lowest BCUT2D eigenvalue weighted by molar-refractivity contribution is 0.0178. The number of pyridine rings is 1. The van der Waals surface area contributed by atoms with E-state index in [0.717, 1.165) is 27.6 Å². The van der Waals surface area contributed by atoms with Gasteiger partial charge >= 0.3 is 5.97 Å². The summed E-state index contributed by atoms with van der Waals surface area (Å²) in [7, 11) is 0. The highest BCUT2D eigenvalue weighted by Crippen LogP contribution is 2.35. The molecule has 1 aliphatic rings. The molecule has 0 bridgehead atoms. The fourth-order valence-corrected chi connectivity index (χ4v) is 5.39. The number of ether oxygens (including phenoxy) is 2. The van der Waals surface area contributed by atoms with Crippen LogP contribution in [0.15, 0.2) is 78.1 Å². The van der Waals surface area contributed by atoms with E-state index in [1.54, 1.807) is 25.3 Å². The van der Waals surface area contributed by atoms with Gasteiger partial charge in [-0.1, -0.05) is 72.5 Å². The molecule has 3 aromatic carbocycles. The van der Waals surface area contributed by atoms with Crippen LogP contribution >= 0.6 is 23.2 Å². The second kappa shape index (κ2) is 11.6. The van der Waals surface area contributed by atoms with Crippen LogP contribution in [0.1, 0.15) is 36.8 Å². The Labute approximate surface area is 237 Å². The minimum atomic E-state index is -0.422. The fourth-order valence-electron chi connectivity index (χ4n) is 4.80. The van der Waals surface area contributed by atoms with Crippen LogP contribution in [-0.2, 0) is 9.57 Å². The lowest BCUT2D eigenvalue weighted by Crippen LogP contribution is -2.33. The van der Waals surface area contributed by atoms with Crippen molar-refractivity contribution in [3.63, 3.8) is 0 Å². The maximum absolute atomic E-state index is 12.3. The van der Waals surface area contributed by atoms with E-state index in [0.29, 0.717) is 40.2 Å². The second-order valence-electron chi connectivity index (χ2n) is 9.65. The van der Waals surface area contributed by atoms with Crippen molar-refractivity contribution in [1.29, 1.82) is 0 Å². The second-order valence-corrected chi connectivity index (χ2v) is 10.5. The average molecular weight is 563 g/mol. The molecule has 1 aromatic heterocycles. The molecule has 0 saturated carbocycles. The molecule has 39 heavy (non-hydrogen) atoms. The molecule has 2 unspecified atom stereocenters. The largest absolute Gasteiger partial charge is 0.493 e. The van der Waals surface area contributed by atoms with E-state index < -0.39 is 5.97 Å². The van der Waals surface area contributed by atoms with Gasteiger partial charge in [-0.15, -0.1) is 0 Å². The number of esters is 1. The Morgan fingerprint density at radius 3 is 2.41 bits per heavy atom. The zero-order valence-corrected chi connectivity index (χ0v) is 23.4. The summed E-state index contributed by atoms with van der Waals surface area (Å²) in [5, 5.41) is 7.10. The Morgan fingerprint density at radius 1 is 1.00 bits per heavy atom. The van der Waals surface area contributed by atoms with Crippen molar-refractivity contribution < 1.29 is 19.1 Å². The predicted octanol–water partition coefficient (Wildman–Crippen LogP) is 7.84. The van der Waals surface area contributed by atoms with Crippen LogP contribution in [0.5, 0.6) is 5.75 Å². The van der Waals surface area contributed by atoms with E-state index in [1.165, 1.54) is 0 Å². The molecule has 4 aromatic rings. The van der Waals surface area contributed by atoms with Gasteiger partial charge in [0.25, 0.3) is 0 Å². The molecule has 5 rings (SSSR count). The SMILES string of the molecule is CCOC(=O)c1nccc2cc(-c3ccc(OCC4C(c5c(Cl)cccc5Cl)=NOC4C(C)C)cc3)ccc12. The number of rotatable bonds is 8. The van der Waals surface area contributed by atoms with E-state index in [1.807, 2.05) is 54.6 Å². The summed E-state index contributed by atoms with van der Waals surface area (Å²) >= 11 is 13.0. The third-order valence-corrected chi connectivity index (χ3v) is 7.38. The molecule has 0 fully saturated rings. The van der Waals surface area contributed by atoms with Gasteiger partial charge in [-0.3, -0.25) is 0 Å². The van der Waals surface area contributed by atoms with Crippen molar-refractivity contribution in [3.05, 3.63) is 94.2 Å². The van der Waals surface area contributed by atoms with E-state index in [9.17, 15) is 4.79 Å². The highest BCUT2D eigenvalue weighted by molar-refractivity contribution is 6.40. The third-order valence-electron chi connectivity index (χ3n) is 6.75. The van der Waals surface area contributed by atoms with Crippen LogP contribution in [0.3, 0.4) is 0 Å². The third kappa shape index (κ3) is 5.58. The first-order chi connectivity index (χ1) is 18.9. The first kappa shape index (κ1) is 27.0. The Balaban J connectivity index is 1.34. The van der Waals surface area contributed by atoms with Crippen LogP contribution < -0.4 is 4.74 Å². The van der Waals surface area contributed by atoms with Crippen molar-refractivity contribution in [2.24, 2.45) is 17.0 Å². The van der Waals surface area contributed by atoms with Gasteiger partial charge in [0.2, 0.25) is 0 Å². The van der Waals surface area contributed by atoms with Crippen LogP contribution in [0.4, 0.5) is 0 Å². The molecule has 0 saturated heterocycles. The zero-order valence-electron chi connectivity index (χ0n) is 21.9. The maximum Gasteiger partial charge on any atom is 0.357 e.